The zero-order chi connectivity index (χ0) is 15.8. The lowest BCUT2D eigenvalue weighted by molar-refractivity contribution is 0.0797. The first-order valence-corrected chi connectivity index (χ1v) is 8.68. The monoisotopic (exact) mass is 329 g/mol. The number of hydrogen-bond acceptors (Lipinski definition) is 7. The molecular weight excluding hydrogens is 310 g/mol. The summed E-state index contributed by atoms with van der Waals surface area (Å²) in [6, 6.07) is 0.327. The zero-order valence-corrected chi connectivity index (χ0v) is 13.8. The minimum atomic E-state index is 0.327. The molecule has 0 spiro atoms. The van der Waals surface area contributed by atoms with E-state index in [4.69, 9.17) is 10.5 Å². The van der Waals surface area contributed by atoms with E-state index in [0.717, 1.165) is 49.7 Å². The van der Waals surface area contributed by atoms with E-state index in [1.807, 2.05) is 18.6 Å². The van der Waals surface area contributed by atoms with Gasteiger partial charge in [-0.3, -0.25) is 4.98 Å². The standard InChI is InChI=1S/C16H19N5OS/c1-10-13-5-11(14-6-18-9-23-14)7-21(12-3-2-4-22-8-12)15(13)20-16(17)19-10/h5-6,9,12H,2-4,7-8H2,1H3,(H2,17,19,20)/t12-/m0/s1. The minimum absolute atomic E-state index is 0.327. The van der Waals surface area contributed by atoms with E-state index in [9.17, 15) is 0 Å². The maximum atomic E-state index is 5.89. The molecule has 0 amide bonds. The molecule has 120 valence electrons. The molecule has 2 aliphatic rings. The summed E-state index contributed by atoms with van der Waals surface area (Å²) in [6.45, 7) is 4.37. The molecule has 2 N–H and O–H groups in total. The summed E-state index contributed by atoms with van der Waals surface area (Å²) in [5, 5.41) is 0. The molecule has 0 aromatic carbocycles. The Bertz CT molecular complexity index is 737. The molecule has 2 aromatic heterocycles. The van der Waals surface area contributed by atoms with Crippen LogP contribution in [0.4, 0.5) is 11.8 Å². The lowest BCUT2D eigenvalue weighted by Gasteiger charge is -2.38. The van der Waals surface area contributed by atoms with Gasteiger partial charge < -0.3 is 15.4 Å². The Labute approximate surface area is 139 Å². The van der Waals surface area contributed by atoms with Crippen molar-refractivity contribution in [2.45, 2.75) is 25.8 Å². The van der Waals surface area contributed by atoms with Crippen molar-refractivity contribution in [3.8, 4) is 0 Å². The fourth-order valence-electron chi connectivity index (χ4n) is 3.25. The van der Waals surface area contributed by atoms with Crippen LogP contribution in [-0.2, 0) is 4.74 Å². The van der Waals surface area contributed by atoms with Crippen LogP contribution in [-0.4, -0.2) is 40.8 Å². The van der Waals surface area contributed by atoms with Crippen molar-refractivity contribution in [1.82, 2.24) is 15.0 Å². The van der Waals surface area contributed by atoms with Gasteiger partial charge in [0.1, 0.15) is 5.82 Å². The van der Waals surface area contributed by atoms with Crippen molar-refractivity contribution < 1.29 is 4.74 Å². The predicted octanol–water partition coefficient (Wildman–Crippen LogP) is 2.36. The van der Waals surface area contributed by atoms with Crippen molar-refractivity contribution in [3.05, 3.63) is 27.8 Å². The molecule has 4 heterocycles. The molecule has 0 bridgehead atoms. The van der Waals surface area contributed by atoms with E-state index in [1.165, 1.54) is 10.5 Å². The topological polar surface area (TPSA) is 77.2 Å². The predicted molar refractivity (Wildman–Crippen MR) is 92.4 cm³/mol. The first-order valence-electron chi connectivity index (χ1n) is 7.80. The maximum absolute atomic E-state index is 5.89. The molecule has 0 radical (unpaired) electrons. The van der Waals surface area contributed by atoms with Gasteiger partial charge in [0.25, 0.3) is 0 Å². The second-order valence-electron chi connectivity index (χ2n) is 5.94. The van der Waals surface area contributed by atoms with Crippen LogP contribution in [0.2, 0.25) is 0 Å². The van der Waals surface area contributed by atoms with Crippen LogP contribution < -0.4 is 10.6 Å². The number of nitrogens with zero attached hydrogens (tertiary/aromatic N) is 4. The molecule has 1 saturated heterocycles. The Balaban J connectivity index is 1.80. The Hall–Kier alpha value is -1.99. The third-order valence-corrected chi connectivity index (χ3v) is 5.24. The normalized spacial score (nSPS) is 21.0. The van der Waals surface area contributed by atoms with Gasteiger partial charge in [-0.15, -0.1) is 11.3 Å². The molecule has 2 aliphatic heterocycles. The fraction of sp³-hybridized carbons (Fsp3) is 0.438. The SMILES string of the molecule is Cc1nc(N)nc2c1C=C(c1cncs1)CN2[C@H]1CCCOC1. The van der Waals surface area contributed by atoms with Gasteiger partial charge in [-0.2, -0.15) is 4.98 Å². The summed E-state index contributed by atoms with van der Waals surface area (Å²) in [6.07, 6.45) is 6.29. The van der Waals surface area contributed by atoms with Crippen LogP contribution in [0.5, 0.6) is 0 Å². The number of rotatable bonds is 2. The Morgan fingerprint density at radius 3 is 3.04 bits per heavy atom. The second-order valence-corrected chi connectivity index (χ2v) is 6.82. The Morgan fingerprint density at radius 1 is 1.39 bits per heavy atom. The molecule has 4 rings (SSSR count). The highest BCUT2D eigenvalue weighted by atomic mass is 32.1. The van der Waals surface area contributed by atoms with E-state index >= 15 is 0 Å². The first-order chi connectivity index (χ1) is 11.2. The largest absolute Gasteiger partial charge is 0.379 e. The van der Waals surface area contributed by atoms with Gasteiger partial charge in [0, 0.05) is 24.9 Å². The van der Waals surface area contributed by atoms with Crippen molar-refractivity contribution >= 4 is 34.8 Å². The highest BCUT2D eigenvalue weighted by molar-refractivity contribution is 7.10. The number of nitrogens with two attached hydrogens (primary N) is 1. The minimum Gasteiger partial charge on any atom is -0.379 e. The van der Waals surface area contributed by atoms with Crippen LogP contribution in [0.1, 0.15) is 29.0 Å². The molecule has 2 aromatic rings. The molecule has 0 saturated carbocycles. The van der Waals surface area contributed by atoms with Gasteiger partial charge >= 0.3 is 0 Å². The molecule has 1 atom stereocenters. The van der Waals surface area contributed by atoms with E-state index < -0.39 is 0 Å². The summed E-state index contributed by atoms with van der Waals surface area (Å²) in [7, 11) is 0. The molecule has 0 aliphatic carbocycles. The summed E-state index contributed by atoms with van der Waals surface area (Å²) in [5.41, 5.74) is 11.0. The van der Waals surface area contributed by atoms with E-state index in [2.05, 4.69) is 25.9 Å². The number of anilines is 2. The quantitative estimate of drug-likeness (QED) is 0.911. The summed E-state index contributed by atoms with van der Waals surface area (Å²) in [4.78, 5) is 16.6. The molecule has 6 nitrogen and oxygen atoms in total. The lowest BCUT2D eigenvalue weighted by atomic mass is 10.00. The van der Waals surface area contributed by atoms with Gasteiger partial charge in [0.2, 0.25) is 5.95 Å². The third kappa shape index (κ3) is 2.70. The molecule has 7 heteroatoms. The summed E-state index contributed by atoms with van der Waals surface area (Å²) < 4.78 is 5.69. The van der Waals surface area contributed by atoms with Gasteiger partial charge in [-0.1, -0.05) is 0 Å². The van der Waals surface area contributed by atoms with E-state index in [0.29, 0.717) is 12.0 Å². The molecular formula is C16H19N5OS. The number of fused-ring (bicyclic) bond motifs is 1. The van der Waals surface area contributed by atoms with Gasteiger partial charge in [0.15, 0.2) is 0 Å². The lowest BCUT2D eigenvalue weighted by Crippen LogP contribution is -2.44. The third-order valence-electron chi connectivity index (χ3n) is 4.39. The van der Waals surface area contributed by atoms with Crippen LogP contribution in [0.15, 0.2) is 11.7 Å². The average Bonchev–Trinajstić information content (AvgIpc) is 3.09. The van der Waals surface area contributed by atoms with E-state index in [1.54, 1.807) is 11.3 Å². The van der Waals surface area contributed by atoms with Crippen LogP contribution >= 0.6 is 11.3 Å². The Morgan fingerprint density at radius 2 is 2.30 bits per heavy atom. The van der Waals surface area contributed by atoms with Crippen LogP contribution in [0, 0.1) is 6.92 Å². The maximum Gasteiger partial charge on any atom is 0.222 e. The van der Waals surface area contributed by atoms with Crippen LogP contribution in [0.25, 0.3) is 11.6 Å². The van der Waals surface area contributed by atoms with Crippen molar-refractivity contribution in [3.63, 3.8) is 0 Å². The number of aryl methyl sites for hydroxylation is 1. The van der Waals surface area contributed by atoms with E-state index in [-0.39, 0.29) is 0 Å². The summed E-state index contributed by atoms with van der Waals surface area (Å²) >= 11 is 1.66. The average molecular weight is 329 g/mol. The molecule has 23 heavy (non-hydrogen) atoms. The highest BCUT2D eigenvalue weighted by Gasteiger charge is 2.30. The number of aromatic nitrogens is 3. The van der Waals surface area contributed by atoms with Crippen molar-refractivity contribution in [1.29, 1.82) is 0 Å². The smallest absolute Gasteiger partial charge is 0.222 e. The summed E-state index contributed by atoms with van der Waals surface area (Å²) in [5.74, 6) is 1.26. The van der Waals surface area contributed by atoms with Gasteiger partial charge in [-0.05, 0) is 31.4 Å². The zero-order valence-electron chi connectivity index (χ0n) is 13.0. The molecule has 0 unspecified atom stereocenters. The number of thiazole rings is 1. The molecule has 1 fully saturated rings. The highest BCUT2D eigenvalue weighted by Crippen LogP contribution is 2.36. The second kappa shape index (κ2) is 5.90. The Kier molecular flexibility index (Phi) is 3.74. The first kappa shape index (κ1) is 14.6. The fourth-order valence-corrected chi connectivity index (χ4v) is 3.88. The van der Waals surface area contributed by atoms with Gasteiger partial charge in [-0.25, -0.2) is 4.98 Å². The number of hydrogen-bond donors (Lipinski definition) is 1. The van der Waals surface area contributed by atoms with Crippen LogP contribution in [0.3, 0.4) is 0 Å². The van der Waals surface area contributed by atoms with Crippen molar-refractivity contribution in [2.24, 2.45) is 0 Å². The number of nitrogen functional groups attached to an aromatic ring is 1. The number of ether oxygens (including phenoxy) is 1. The van der Waals surface area contributed by atoms with Gasteiger partial charge in [0.05, 0.1) is 28.7 Å². The van der Waals surface area contributed by atoms with Crippen molar-refractivity contribution in [2.75, 3.05) is 30.4 Å².